The standard InChI is InChI=1S/C22H21N3O5S2/c1-3-30-21(27)16-8-9-18-19(14-16)32-22(24(18)11-12-31-2)23-20(26)10-7-15-5-4-6-17(13-15)25(28)29/h4-10,13-14H,3,11-12H2,1-2H3. The summed E-state index contributed by atoms with van der Waals surface area (Å²) >= 11 is 2.99. The Balaban J connectivity index is 1.95. The van der Waals surface area contributed by atoms with Crippen LogP contribution in [0.2, 0.25) is 0 Å². The fourth-order valence-electron chi connectivity index (χ4n) is 2.94. The van der Waals surface area contributed by atoms with E-state index in [1.54, 1.807) is 43.0 Å². The maximum Gasteiger partial charge on any atom is 0.338 e. The Morgan fingerprint density at radius 2 is 2.09 bits per heavy atom. The van der Waals surface area contributed by atoms with E-state index in [9.17, 15) is 19.7 Å². The van der Waals surface area contributed by atoms with Gasteiger partial charge in [0.15, 0.2) is 4.80 Å². The summed E-state index contributed by atoms with van der Waals surface area (Å²) in [6.45, 7) is 2.70. The fraction of sp³-hybridized carbons (Fsp3) is 0.227. The number of nitro benzene ring substituents is 1. The van der Waals surface area contributed by atoms with E-state index in [0.29, 0.717) is 29.1 Å². The topological polar surface area (TPSA) is 104 Å². The van der Waals surface area contributed by atoms with Crippen LogP contribution in [0.4, 0.5) is 5.69 Å². The summed E-state index contributed by atoms with van der Waals surface area (Å²) in [5.74, 6) is -0.0457. The zero-order valence-corrected chi connectivity index (χ0v) is 19.1. The van der Waals surface area contributed by atoms with Gasteiger partial charge in [0.1, 0.15) is 0 Å². The first-order valence-corrected chi connectivity index (χ1v) is 11.9. The molecule has 0 aliphatic carbocycles. The van der Waals surface area contributed by atoms with Crippen molar-refractivity contribution in [3.63, 3.8) is 0 Å². The lowest BCUT2D eigenvalue weighted by molar-refractivity contribution is -0.384. The Morgan fingerprint density at radius 3 is 2.81 bits per heavy atom. The fourth-order valence-corrected chi connectivity index (χ4v) is 4.41. The number of rotatable bonds is 8. The lowest BCUT2D eigenvalue weighted by Gasteiger charge is -2.05. The average Bonchev–Trinajstić information content (AvgIpc) is 3.12. The highest BCUT2D eigenvalue weighted by Gasteiger charge is 2.12. The summed E-state index contributed by atoms with van der Waals surface area (Å²) in [5.41, 5.74) is 1.81. The molecule has 0 bridgehead atoms. The summed E-state index contributed by atoms with van der Waals surface area (Å²) in [4.78, 5) is 39.7. The van der Waals surface area contributed by atoms with E-state index in [4.69, 9.17) is 4.74 Å². The number of nitro groups is 1. The number of fused-ring (bicyclic) bond motifs is 1. The minimum Gasteiger partial charge on any atom is -0.462 e. The summed E-state index contributed by atoms with van der Waals surface area (Å²) in [6, 6.07) is 11.3. The number of esters is 1. The summed E-state index contributed by atoms with van der Waals surface area (Å²) < 4.78 is 7.84. The van der Waals surface area contributed by atoms with Crippen LogP contribution >= 0.6 is 23.1 Å². The van der Waals surface area contributed by atoms with E-state index in [0.717, 1.165) is 16.0 Å². The molecule has 0 radical (unpaired) electrons. The Kier molecular flexibility index (Phi) is 7.96. The van der Waals surface area contributed by atoms with E-state index >= 15 is 0 Å². The minimum absolute atomic E-state index is 0.0478. The molecule has 0 N–H and O–H groups in total. The second kappa shape index (κ2) is 10.9. The third-order valence-corrected chi connectivity index (χ3v) is 6.05. The lowest BCUT2D eigenvalue weighted by Crippen LogP contribution is -2.17. The number of carbonyl (C=O) groups excluding carboxylic acids is 2. The van der Waals surface area contributed by atoms with Crippen molar-refractivity contribution in [1.82, 2.24) is 4.57 Å². The van der Waals surface area contributed by atoms with Gasteiger partial charge in [-0.15, -0.1) is 0 Å². The van der Waals surface area contributed by atoms with Gasteiger partial charge in [-0.1, -0.05) is 23.5 Å². The molecule has 0 atom stereocenters. The molecule has 0 saturated carbocycles. The van der Waals surface area contributed by atoms with Crippen molar-refractivity contribution in [3.05, 3.63) is 74.6 Å². The van der Waals surface area contributed by atoms with Crippen LogP contribution in [0, 0.1) is 10.1 Å². The summed E-state index contributed by atoms with van der Waals surface area (Å²) in [7, 11) is 0. The van der Waals surface area contributed by atoms with Crippen molar-refractivity contribution >= 4 is 57.0 Å². The number of nitrogens with zero attached hydrogens (tertiary/aromatic N) is 3. The molecule has 0 fully saturated rings. The number of aromatic nitrogens is 1. The average molecular weight is 472 g/mol. The molecule has 0 spiro atoms. The van der Waals surface area contributed by atoms with Gasteiger partial charge < -0.3 is 9.30 Å². The number of thiazole rings is 1. The molecule has 8 nitrogen and oxygen atoms in total. The Labute approximate surface area is 192 Å². The van der Waals surface area contributed by atoms with Gasteiger partial charge >= 0.3 is 5.97 Å². The number of aryl methyl sites for hydroxylation is 1. The third-order valence-electron chi connectivity index (χ3n) is 4.42. The molecule has 3 aromatic rings. The molecular weight excluding hydrogens is 450 g/mol. The van der Waals surface area contributed by atoms with Gasteiger partial charge in [-0.2, -0.15) is 16.8 Å². The first kappa shape index (κ1) is 23.4. The normalized spacial score (nSPS) is 11.9. The minimum atomic E-state index is -0.486. The Hall–Kier alpha value is -3.24. The lowest BCUT2D eigenvalue weighted by atomic mass is 10.2. The van der Waals surface area contributed by atoms with E-state index in [1.165, 1.54) is 35.6 Å². The molecule has 1 aromatic heterocycles. The molecule has 2 aromatic carbocycles. The van der Waals surface area contributed by atoms with E-state index in [-0.39, 0.29) is 5.69 Å². The zero-order chi connectivity index (χ0) is 23.1. The number of hydrogen-bond donors (Lipinski definition) is 0. The molecule has 10 heteroatoms. The quantitative estimate of drug-likeness (QED) is 0.210. The van der Waals surface area contributed by atoms with Crippen molar-refractivity contribution in [1.29, 1.82) is 0 Å². The maximum absolute atomic E-state index is 12.5. The summed E-state index contributed by atoms with van der Waals surface area (Å²) in [5, 5.41) is 10.9. The first-order chi connectivity index (χ1) is 15.4. The highest BCUT2D eigenvalue weighted by Crippen LogP contribution is 2.20. The van der Waals surface area contributed by atoms with Crippen molar-refractivity contribution in [3.8, 4) is 0 Å². The molecular formula is C22H21N3O5S2. The zero-order valence-electron chi connectivity index (χ0n) is 17.5. The van der Waals surface area contributed by atoms with E-state index < -0.39 is 16.8 Å². The highest BCUT2D eigenvalue weighted by molar-refractivity contribution is 7.98. The van der Waals surface area contributed by atoms with E-state index in [1.807, 2.05) is 16.9 Å². The Morgan fingerprint density at radius 1 is 1.28 bits per heavy atom. The van der Waals surface area contributed by atoms with Crippen molar-refractivity contribution in [2.24, 2.45) is 4.99 Å². The second-order valence-corrected chi connectivity index (χ2v) is 8.56. The number of thioether (sulfide) groups is 1. The van der Waals surface area contributed by atoms with Gasteiger partial charge in [-0.05, 0) is 43.0 Å². The van der Waals surface area contributed by atoms with Gasteiger partial charge in [0, 0.05) is 30.5 Å². The van der Waals surface area contributed by atoms with Crippen LogP contribution in [0.1, 0.15) is 22.8 Å². The molecule has 1 heterocycles. The van der Waals surface area contributed by atoms with Crippen LogP contribution in [-0.2, 0) is 16.1 Å². The number of carbonyl (C=O) groups is 2. The van der Waals surface area contributed by atoms with Crippen LogP contribution in [0.3, 0.4) is 0 Å². The molecule has 3 rings (SSSR count). The van der Waals surface area contributed by atoms with Crippen LogP contribution in [0.5, 0.6) is 0 Å². The number of non-ortho nitro benzene ring substituents is 1. The molecule has 32 heavy (non-hydrogen) atoms. The van der Waals surface area contributed by atoms with Gasteiger partial charge in [-0.3, -0.25) is 14.9 Å². The summed E-state index contributed by atoms with van der Waals surface area (Å²) in [6.07, 6.45) is 4.78. The SMILES string of the molecule is CCOC(=O)c1ccc2c(c1)sc(=NC(=O)C=Cc1cccc([N+](=O)[O-])c1)n2CCSC. The molecule has 0 aliphatic heterocycles. The molecule has 0 aliphatic rings. The maximum atomic E-state index is 12.5. The van der Waals surface area contributed by atoms with Gasteiger partial charge in [0.25, 0.3) is 11.6 Å². The second-order valence-electron chi connectivity index (χ2n) is 6.57. The van der Waals surface area contributed by atoms with Crippen molar-refractivity contribution in [2.45, 2.75) is 13.5 Å². The molecule has 0 unspecified atom stereocenters. The van der Waals surface area contributed by atoms with Crippen LogP contribution in [-0.4, -0.2) is 40.0 Å². The van der Waals surface area contributed by atoms with Gasteiger partial charge in [0.2, 0.25) is 0 Å². The predicted molar refractivity (Wildman–Crippen MR) is 127 cm³/mol. The van der Waals surface area contributed by atoms with Crippen molar-refractivity contribution < 1.29 is 19.2 Å². The predicted octanol–water partition coefficient (Wildman–Crippen LogP) is 4.29. The number of ether oxygens (including phenoxy) is 1. The van der Waals surface area contributed by atoms with Crippen molar-refractivity contribution in [2.75, 3.05) is 18.6 Å². The molecule has 1 amide bonds. The smallest absolute Gasteiger partial charge is 0.338 e. The third kappa shape index (κ3) is 5.71. The molecule has 0 saturated heterocycles. The van der Waals surface area contributed by atoms with Gasteiger partial charge in [0.05, 0.1) is 27.3 Å². The number of hydrogen-bond acceptors (Lipinski definition) is 7. The van der Waals surface area contributed by atoms with Gasteiger partial charge in [-0.25, -0.2) is 4.79 Å². The Bertz CT molecular complexity index is 1260. The highest BCUT2D eigenvalue weighted by atomic mass is 32.2. The molecule has 166 valence electrons. The monoisotopic (exact) mass is 471 g/mol. The van der Waals surface area contributed by atoms with E-state index in [2.05, 4.69) is 4.99 Å². The van der Waals surface area contributed by atoms with Crippen LogP contribution in [0.25, 0.3) is 16.3 Å². The number of amides is 1. The number of benzene rings is 2. The first-order valence-electron chi connectivity index (χ1n) is 9.73. The largest absolute Gasteiger partial charge is 0.462 e. The van der Waals surface area contributed by atoms with Crippen LogP contribution in [0.15, 0.2) is 53.5 Å². The van der Waals surface area contributed by atoms with Crippen LogP contribution < -0.4 is 4.80 Å².